The van der Waals surface area contributed by atoms with Gasteiger partial charge in [-0.15, -0.1) is 0 Å². The number of benzene rings is 2. The van der Waals surface area contributed by atoms with E-state index in [2.05, 4.69) is 0 Å². The average molecular weight is 344 g/mol. The molecule has 2 aromatic rings. The average Bonchev–Trinajstić information content (AvgIpc) is 2.56. The van der Waals surface area contributed by atoms with Gasteiger partial charge in [0.05, 0.1) is 22.8 Å². The highest BCUT2D eigenvalue weighted by molar-refractivity contribution is 7.93. The molecule has 0 amide bonds. The maximum Gasteiger partial charge on any atom is 0.338 e. The van der Waals surface area contributed by atoms with Crippen LogP contribution in [0.3, 0.4) is 0 Å². The normalized spacial score (nSPS) is 10.7. The van der Waals surface area contributed by atoms with Crippen LogP contribution >= 0.6 is 0 Å². The van der Waals surface area contributed by atoms with Crippen LogP contribution in [0.1, 0.15) is 22.8 Å². The van der Waals surface area contributed by atoms with Crippen molar-refractivity contribution in [2.75, 3.05) is 10.9 Å². The molecule has 0 spiro atoms. The van der Waals surface area contributed by atoms with Crippen molar-refractivity contribution in [1.82, 2.24) is 0 Å². The summed E-state index contributed by atoms with van der Waals surface area (Å²) in [5.74, 6) is -0.523. The van der Waals surface area contributed by atoms with Gasteiger partial charge < -0.3 is 4.74 Å². The summed E-state index contributed by atoms with van der Waals surface area (Å²) in [6.07, 6.45) is 1.70. The monoisotopic (exact) mass is 344 g/mol. The van der Waals surface area contributed by atoms with Crippen LogP contribution in [0.5, 0.6) is 0 Å². The molecule has 2 rings (SSSR count). The van der Waals surface area contributed by atoms with E-state index in [4.69, 9.17) is 4.74 Å². The van der Waals surface area contributed by atoms with Gasteiger partial charge in [-0.25, -0.2) is 4.79 Å². The number of carbonyl (C=O) groups excluding carboxylic acids is 1. The molecule has 0 heterocycles. The molecule has 0 saturated carbocycles. The van der Waals surface area contributed by atoms with Gasteiger partial charge >= 0.3 is 5.97 Å². The van der Waals surface area contributed by atoms with Crippen LogP contribution in [-0.2, 0) is 14.8 Å². The number of hydrogen-bond donors (Lipinski definition) is 0. The molecule has 7 heteroatoms. The minimum absolute atomic E-state index is 0.0408. The Balaban J connectivity index is 2.46. The number of sulfonamides is 1. The molecule has 2 aromatic carbocycles. The Kier molecular flexibility index (Phi) is 5.21. The first-order valence-electron chi connectivity index (χ1n) is 7.19. The van der Waals surface area contributed by atoms with Crippen molar-refractivity contribution >= 4 is 21.7 Å². The van der Waals surface area contributed by atoms with E-state index < -0.39 is 16.0 Å². The predicted molar refractivity (Wildman–Crippen MR) is 88.9 cm³/mol. The number of nitriles is 1. The van der Waals surface area contributed by atoms with Crippen molar-refractivity contribution in [2.45, 2.75) is 18.7 Å². The van der Waals surface area contributed by atoms with Crippen molar-refractivity contribution in [3.8, 4) is 6.19 Å². The lowest BCUT2D eigenvalue weighted by Crippen LogP contribution is -2.26. The summed E-state index contributed by atoms with van der Waals surface area (Å²) in [4.78, 5) is 11.7. The Morgan fingerprint density at radius 3 is 2.42 bits per heavy atom. The molecule has 0 fully saturated rings. The third-order valence-corrected chi connectivity index (χ3v) is 5.07. The first kappa shape index (κ1) is 17.5. The standard InChI is InChI=1S/C17H16N2O4S/c1-3-23-17(20)14-9-10-16(13(2)11-14)24(21,22)19(12-18)15-7-5-4-6-8-15/h4-11H,3H2,1-2H3. The van der Waals surface area contributed by atoms with Crippen molar-refractivity contribution in [3.63, 3.8) is 0 Å². The second kappa shape index (κ2) is 7.15. The summed E-state index contributed by atoms with van der Waals surface area (Å²) < 4.78 is 31.1. The third-order valence-electron chi connectivity index (χ3n) is 3.29. The number of anilines is 1. The van der Waals surface area contributed by atoms with Crippen molar-refractivity contribution in [2.24, 2.45) is 0 Å². The van der Waals surface area contributed by atoms with E-state index >= 15 is 0 Å². The second-order valence-corrected chi connectivity index (χ2v) is 6.66. The summed E-state index contributed by atoms with van der Waals surface area (Å²) in [6.45, 7) is 3.48. The number of carbonyl (C=O) groups is 1. The second-order valence-electron chi connectivity index (χ2n) is 4.91. The molecule has 0 unspecified atom stereocenters. The Labute approximate surface area is 141 Å². The van der Waals surface area contributed by atoms with Gasteiger partial charge in [0.15, 0.2) is 6.19 Å². The lowest BCUT2D eigenvalue weighted by atomic mass is 10.1. The van der Waals surface area contributed by atoms with E-state index in [9.17, 15) is 18.5 Å². The van der Waals surface area contributed by atoms with Gasteiger partial charge in [-0.2, -0.15) is 18.0 Å². The summed E-state index contributed by atoms with van der Waals surface area (Å²) in [5, 5.41) is 9.30. The SMILES string of the molecule is CCOC(=O)c1ccc(S(=O)(=O)N(C#N)c2ccccc2)c(C)c1. The Bertz CT molecular complexity index is 887. The Morgan fingerprint density at radius 1 is 1.21 bits per heavy atom. The molecule has 0 radical (unpaired) electrons. The summed E-state index contributed by atoms with van der Waals surface area (Å²) in [6, 6.07) is 12.2. The number of rotatable bonds is 5. The molecule has 124 valence electrons. The van der Waals surface area contributed by atoms with E-state index in [0.717, 1.165) is 0 Å². The van der Waals surface area contributed by atoms with Crippen LogP contribution in [0, 0.1) is 18.4 Å². The highest BCUT2D eigenvalue weighted by Crippen LogP contribution is 2.25. The summed E-state index contributed by atoms with van der Waals surface area (Å²) in [5.41, 5.74) is 0.863. The summed E-state index contributed by atoms with van der Waals surface area (Å²) >= 11 is 0. The van der Waals surface area contributed by atoms with Gasteiger partial charge in [-0.1, -0.05) is 18.2 Å². The lowest BCUT2D eigenvalue weighted by molar-refractivity contribution is 0.0526. The van der Waals surface area contributed by atoms with E-state index in [0.29, 0.717) is 9.87 Å². The van der Waals surface area contributed by atoms with Crippen LogP contribution in [-0.4, -0.2) is 21.0 Å². The smallest absolute Gasteiger partial charge is 0.338 e. The van der Waals surface area contributed by atoms with Crippen LogP contribution in [0.25, 0.3) is 0 Å². The zero-order valence-electron chi connectivity index (χ0n) is 13.3. The van der Waals surface area contributed by atoms with Gasteiger partial charge in [0.25, 0.3) is 10.0 Å². The van der Waals surface area contributed by atoms with Crippen LogP contribution in [0.15, 0.2) is 53.4 Å². The van der Waals surface area contributed by atoms with Crippen LogP contribution < -0.4 is 4.31 Å². The van der Waals surface area contributed by atoms with Gasteiger partial charge in [0.2, 0.25) is 0 Å². The van der Waals surface area contributed by atoms with Gasteiger partial charge in [0, 0.05) is 0 Å². The van der Waals surface area contributed by atoms with Crippen molar-refractivity contribution < 1.29 is 17.9 Å². The molecule has 0 aliphatic rings. The predicted octanol–water partition coefficient (Wildman–Crippen LogP) is 2.85. The van der Waals surface area contributed by atoms with Gasteiger partial charge in [0.1, 0.15) is 0 Å². The first-order valence-corrected chi connectivity index (χ1v) is 8.63. The molecule has 0 aliphatic heterocycles. The molecule has 0 N–H and O–H groups in total. The number of nitrogens with zero attached hydrogens (tertiary/aromatic N) is 2. The fourth-order valence-corrected chi connectivity index (χ4v) is 3.60. The van der Waals surface area contributed by atoms with Crippen molar-refractivity contribution in [1.29, 1.82) is 5.26 Å². The minimum atomic E-state index is -4.07. The van der Waals surface area contributed by atoms with E-state index in [1.165, 1.54) is 30.3 Å². The molecule has 0 aromatic heterocycles. The fourth-order valence-electron chi connectivity index (χ4n) is 2.19. The number of aryl methyl sites for hydroxylation is 1. The lowest BCUT2D eigenvalue weighted by Gasteiger charge is -2.17. The summed E-state index contributed by atoms with van der Waals surface area (Å²) in [7, 11) is -4.07. The van der Waals surface area contributed by atoms with E-state index in [1.807, 2.05) is 0 Å². The topological polar surface area (TPSA) is 87.5 Å². The molecule has 0 atom stereocenters. The number of esters is 1. The fraction of sp³-hybridized carbons (Fsp3) is 0.176. The quantitative estimate of drug-likeness (QED) is 0.473. The maximum atomic E-state index is 12.8. The molecular formula is C17H16N2O4S. The van der Waals surface area contributed by atoms with Gasteiger partial charge in [-0.05, 0) is 49.7 Å². The molecule has 0 saturated heterocycles. The zero-order valence-corrected chi connectivity index (χ0v) is 14.1. The third kappa shape index (κ3) is 3.39. The van der Waals surface area contributed by atoms with E-state index in [-0.39, 0.29) is 22.8 Å². The number of ether oxygens (including phenoxy) is 1. The Hall–Kier alpha value is -2.85. The van der Waals surface area contributed by atoms with Gasteiger partial charge in [-0.3, -0.25) is 0 Å². The van der Waals surface area contributed by atoms with Crippen LogP contribution in [0.2, 0.25) is 0 Å². The van der Waals surface area contributed by atoms with E-state index in [1.54, 1.807) is 38.2 Å². The molecule has 0 aliphatic carbocycles. The zero-order chi connectivity index (χ0) is 17.7. The largest absolute Gasteiger partial charge is 0.462 e. The first-order chi connectivity index (χ1) is 11.4. The van der Waals surface area contributed by atoms with Crippen LogP contribution in [0.4, 0.5) is 5.69 Å². The highest BCUT2D eigenvalue weighted by atomic mass is 32.2. The highest BCUT2D eigenvalue weighted by Gasteiger charge is 2.27. The number of para-hydroxylation sites is 1. The molecule has 24 heavy (non-hydrogen) atoms. The molecule has 0 bridgehead atoms. The Morgan fingerprint density at radius 2 is 1.88 bits per heavy atom. The van der Waals surface area contributed by atoms with Crippen molar-refractivity contribution in [3.05, 3.63) is 59.7 Å². The molecular weight excluding hydrogens is 328 g/mol. The maximum absolute atomic E-state index is 12.8. The number of hydrogen-bond acceptors (Lipinski definition) is 5. The minimum Gasteiger partial charge on any atom is -0.462 e. The molecule has 6 nitrogen and oxygen atoms in total.